The van der Waals surface area contributed by atoms with E-state index in [4.69, 9.17) is 5.26 Å². The van der Waals surface area contributed by atoms with E-state index in [1.165, 1.54) is 0 Å². The van der Waals surface area contributed by atoms with Crippen molar-refractivity contribution in [3.8, 4) is 6.07 Å². The number of urea groups is 1. The van der Waals surface area contributed by atoms with Gasteiger partial charge in [-0.1, -0.05) is 6.07 Å². The number of nitrogens with zero attached hydrogens (tertiary/aromatic N) is 4. The minimum absolute atomic E-state index is 0.00674. The molecule has 1 fully saturated rings. The number of carbonyl (C=O) groups excluding carboxylic acids is 1. The first kappa shape index (κ1) is 16.1. The molecule has 1 aliphatic heterocycles. The number of piperazine rings is 1. The van der Waals surface area contributed by atoms with E-state index in [9.17, 15) is 4.79 Å². The van der Waals surface area contributed by atoms with Gasteiger partial charge in [-0.05, 0) is 32.3 Å². The highest BCUT2D eigenvalue weighted by molar-refractivity contribution is 5.74. The monoisotopic (exact) mass is 301 g/mol. The Kier molecular flexibility index (Phi) is 5.61. The van der Waals surface area contributed by atoms with Crippen LogP contribution >= 0.6 is 0 Å². The molecule has 22 heavy (non-hydrogen) atoms. The number of carbonyl (C=O) groups is 1. The van der Waals surface area contributed by atoms with Gasteiger partial charge in [-0.15, -0.1) is 0 Å². The van der Waals surface area contributed by atoms with Crippen LogP contribution in [-0.2, 0) is 0 Å². The Bertz CT molecular complexity index is 544. The van der Waals surface area contributed by atoms with E-state index in [0.717, 1.165) is 25.3 Å². The van der Waals surface area contributed by atoms with Gasteiger partial charge in [0.15, 0.2) is 0 Å². The predicted molar refractivity (Wildman–Crippen MR) is 86.9 cm³/mol. The second kappa shape index (κ2) is 7.66. The summed E-state index contributed by atoms with van der Waals surface area (Å²) < 4.78 is 0. The van der Waals surface area contributed by atoms with Gasteiger partial charge in [0.25, 0.3) is 0 Å². The lowest BCUT2D eigenvalue weighted by Crippen LogP contribution is -2.52. The standard InChI is InChI=1S/C16H23N5O/c1-19(2)7-6-18-16(22)21-10-8-20(9-11-21)15-5-3-4-14(12-15)13-17/h3-5,12H,6-11H2,1-2H3,(H,18,22). The average Bonchev–Trinajstić information content (AvgIpc) is 2.54. The first-order chi connectivity index (χ1) is 10.6. The molecule has 0 bridgehead atoms. The molecule has 0 saturated carbocycles. The largest absolute Gasteiger partial charge is 0.368 e. The minimum atomic E-state index is 0.00674. The van der Waals surface area contributed by atoms with Crippen LogP contribution in [0.3, 0.4) is 0 Å². The second-order valence-corrected chi connectivity index (χ2v) is 5.67. The summed E-state index contributed by atoms with van der Waals surface area (Å²) in [7, 11) is 3.97. The van der Waals surface area contributed by atoms with Crippen LogP contribution in [0.4, 0.5) is 10.5 Å². The molecule has 6 heteroatoms. The second-order valence-electron chi connectivity index (χ2n) is 5.67. The van der Waals surface area contributed by atoms with Crippen molar-refractivity contribution in [1.82, 2.24) is 15.1 Å². The highest BCUT2D eigenvalue weighted by Crippen LogP contribution is 2.17. The molecular formula is C16H23N5O. The quantitative estimate of drug-likeness (QED) is 0.899. The Morgan fingerprint density at radius 1 is 1.32 bits per heavy atom. The molecule has 2 amide bonds. The number of hydrogen-bond acceptors (Lipinski definition) is 4. The number of amides is 2. The maximum atomic E-state index is 12.1. The molecule has 1 aliphatic rings. The van der Waals surface area contributed by atoms with Gasteiger partial charge in [0, 0.05) is 45.0 Å². The van der Waals surface area contributed by atoms with Crippen molar-refractivity contribution in [2.45, 2.75) is 0 Å². The summed E-state index contributed by atoms with van der Waals surface area (Å²) in [6, 6.07) is 9.77. The van der Waals surface area contributed by atoms with Crippen LogP contribution in [0.15, 0.2) is 24.3 Å². The van der Waals surface area contributed by atoms with Gasteiger partial charge in [-0.2, -0.15) is 5.26 Å². The van der Waals surface area contributed by atoms with Crippen LogP contribution < -0.4 is 10.2 Å². The van der Waals surface area contributed by atoms with Crippen molar-refractivity contribution in [2.24, 2.45) is 0 Å². The van der Waals surface area contributed by atoms with E-state index in [0.29, 0.717) is 25.2 Å². The fourth-order valence-corrected chi connectivity index (χ4v) is 2.44. The van der Waals surface area contributed by atoms with Gasteiger partial charge >= 0.3 is 6.03 Å². The number of benzene rings is 1. The smallest absolute Gasteiger partial charge is 0.317 e. The Morgan fingerprint density at radius 3 is 2.68 bits per heavy atom. The van der Waals surface area contributed by atoms with Crippen LogP contribution in [0.25, 0.3) is 0 Å². The first-order valence-corrected chi connectivity index (χ1v) is 7.53. The third-order valence-electron chi connectivity index (χ3n) is 3.74. The molecule has 0 radical (unpaired) electrons. The zero-order chi connectivity index (χ0) is 15.9. The van der Waals surface area contributed by atoms with Crippen LogP contribution in [-0.4, -0.2) is 69.2 Å². The summed E-state index contributed by atoms with van der Waals surface area (Å²) in [5.74, 6) is 0. The fraction of sp³-hybridized carbons (Fsp3) is 0.500. The first-order valence-electron chi connectivity index (χ1n) is 7.53. The van der Waals surface area contributed by atoms with Crippen LogP contribution in [0.5, 0.6) is 0 Å². The van der Waals surface area contributed by atoms with Crippen molar-refractivity contribution < 1.29 is 4.79 Å². The normalized spacial score (nSPS) is 14.8. The van der Waals surface area contributed by atoms with Gasteiger partial charge in [-0.25, -0.2) is 4.79 Å². The zero-order valence-corrected chi connectivity index (χ0v) is 13.2. The van der Waals surface area contributed by atoms with Crippen LogP contribution in [0.2, 0.25) is 0 Å². The Hall–Kier alpha value is -2.26. The van der Waals surface area contributed by atoms with E-state index in [2.05, 4.69) is 16.3 Å². The number of rotatable bonds is 4. The van der Waals surface area contributed by atoms with Crippen molar-refractivity contribution in [3.63, 3.8) is 0 Å². The molecule has 1 aromatic carbocycles. The Labute approximate surface area is 131 Å². The Morgan fingerprint density at radius 2 is 2.05 bits per heavy atom. The van der Waals surface area contributed by atoms with Crippen LogP contribution in [0.1, 0.15) is 5.56 Å². The summed E-state index contributed by atoms with van der Waals surface area (Å²) >= 11 is 0. The maximum absolute atomic E-state index is 12.1. The molecule has 1 aromatic rings. The molecule has 0 unspecified atom stereocenters. The van der Waals surface area contributed by atoms with Gasteiger partial charge in [-0.3, -0.25) is 0 Å². The van der Waals surface area contributed by atoms with Gasteiger partial charge in [0.1, 0.15) is 0 Å². The highest BCUT2D eigenvalue weighted by Gasteiger charge is 2.21. The van der Waals surface area contributed by atoms with Crippen molar-refractivity contribution in [3.05, 3.63) is 29.8 Å². The van der Waals surface area contributed by atoms with Gasteiger partial charge in [0.2, 0.25) is 0 Å². The highest BCUT2D eigenvalue weighted by atomic mass is 16.2. The lowest BCUT2D eigenvalue weighted by Gasteiger charge is -2.36. The number of nitrogens with one attached hydrogen (secondary N) is 1. The van der Waals surface area contributed by atoms with E-state index in [1.807, 2.05) is 42.1 Å². The molecule has 1 saturated heterocycles. The van der Waals surface area contributed by atoms with Gasteiger partial charge in [0.05, 0.1) is 11.6 Å². The molecule has 0 aromatic heterocycles. The molecule has 1 heterocycles. The summed E-state index contributed by atoms with van der Waals surface area (Å²) in [5, 5.41) is 11.9. The SMILES string of the molecule is CN(C)CCNC(=O)N1CCN(c2cccc(C#N)c2)CC1. The molecule has 0 spiro atoms. The van der Waals surface area contributed by atoms with Crippen molar-refractivity contribution >= 4 is 11.7 Å². The topological polar surface area (TPSA) is 62.6 Å². The number of likely N-dealkylation sites (N-methyl/N-ethyl adjacent to an activating group) is 1. The van der Waals surface area contributed by atoms with E-state index in [1.54, 1.807) is 6.07 Å². The van der Waals surface area contributed by atoms with Gasteiger partial charge < -0.3 is 20.0 Å². The number of hydrogen-bond donors (Lipinski definition) is 1. The van der Waals surface area contributed by atoms with Crippen LogP contribution in [0, 0.1) is 11.3 Å². The van der Waals surface area contributed by atoms with Crippen molar-refractivity contribution in [2.75, 3.05) is 58.3 Å². The predicted octanol–water partition coefficient (Wildman–Crippen LogP) is 0.951. The van der Waals surface area contributed by atoms with Crippen molar-refractivity contribution in [1.29, 1.82) is 5.26 Å². The molecule has 118 valence electrons. The third kappa shape index (κ3) is 4.37. The minimum Gasteiger partial charge on any atom is -0.368 e. The molecule has 2 rings (SSSR count). The lowest BCUT2D eigenvalue weighted by atomic mass is 10.2. The average molecular weight is 301 g/mol. The summed E-state index contributed by atoms with van der Waals surface area (Å²) in [6.45, 7) is 4.48. The lowest BCUT2D eigenvalue weighted by molar-refractivity contribution is 0.193. The molecule has 0 atom stereocenters. The molecule has 6 nitrogen and oxygen atoms in total. The Balaban J connectivity index is 1.82. The number of nitriles is 1. The van der Waals surface area contributed by atoms with E-state index >= 15 is 0 Å². The molecular weight excluding hydrogens is 278 g/mol. The summed E-state index contributed by atoms with van der Waals surface area (Å²) in [5.41, 5.74) is 1.72. The van der Waals surface area contributed by atoms with E-state index in [-0.39, 0.29) is 6.03 Å². The molecule has 1 N–H and O–H groups in total. The third-order valence-corrected chi connectivity index (χ3v) is 3.74. The zero-order valence-electron chi connectivity index (χ0n) is 13.2. The maximum Gasteiger partial charge on any atom is 0.317 e. The number of anilines is 1. The molecule has 0 aliphatic carbocycles. The summed E-state index contributed by atoms with van der Waals surface area (Å²) in [4.78, 5) is 18.2. The van der Waals surface area contributed by atoms with E-state index < -0.39 is 0 Å². The fourth-order valence-electron chi connectivity index (χ4n) is 2.44. The summed E-state index contributed by atoms with van der Waals surface area (Å²) in [6.07, 6.45) is 0.